The third-order valence-electron chi connectivity index (χ3n) is 6.72. The van der Waals surface area contributed by atoms with E-state index in [4.69, 9.17) is 12.2 Å². The van der Waals surface area contributed by atoms with Crippen molar-refractivity contribution in [3.05, 3.63) is 23.8 Å². The van der Waals surface area contributed by atoms with Gasteiger partial charge in [0, 0.05) is 6.42 Å². The van der Waals surface area contributed by atoms with Gasteiger partial charge < -0.3 is 10.6 Å². The number of carbonyl (C=O) groups is 1. The van der Waals surface area contributed by atoms with Crippen LogP contribution < -0.4 is 10.6 Å². The van der Waals surface area contributed by atoms with E-state index in [1.54, 1.807) is 11.3 Å². The molecule has 0 atom stereocenters. The summed E-state index contributed by atoms with van der Waals surface area (Å²) in [6.45, 7) is 2.07. The highest BCUT2D eigenvalue weighted by Gasteiger charge is 2.51. The molecule has 0 spiro atoms. The largest absolute Gasteiger partial charge is 0.308 e. The van der Waals surface area contributed by atoms with E-state index >= 15 is 0 Å². The van der Waals surface area contributed by atoms with Crippen molar-refractivity contribution in [2.45, 2.75) is 51.9 Å². The number of benzene rings is 1. The number of nitrogens with one attached hydrogen (secondary N) is 2. The first-order valence-corrected chi connectivity index (χ1v) is 11.2. The number of anilines is 1. The predicted molar refractivity (Wildman–Crippen MR) is 114 cm³/mol. The zero-order chi connectivity index (χ0) is 18.6. The molecule has 2 N–H and O–H groups in total. The maximum absolute atomic E-state index is 12.7. The topological polar surface area (TPSA) is 54.0 Å². The van der Waals surface area contributed by atoms with Gasteiger partial charge in [0.25, 0.3) is 0 Å². The molecule has 4 nitrogen and oxygen atoms in total. The van der Waals surface area contributed by atoms with Crippen LogP contribution >= 0.6 is 23.6 Å². The fraction of sp³-hybridized carbons (Fsp3) is 0.571. The molecular formula is C21H25N3OS2. The van der Waals surface area contributed by atoms with Gasteiger partial charge in [0.2, 0.25) is 5.91 Å². The van der Waals surface area contributed by atoms with Crippen molar-refractivity contribution in [1.82, 2.24) is 10.3 Å². The van der Waals surface area contributed by atoms with E-state index in [1.165, 1.54) is 44.1 Å². The summed E-state index contributed by atoms with van der Waals surface area (Å²) in [4.78, 5) is 17.2. The fourth-order valence-corrected chi connectivity index (χ4v) is 7.48. The highest BCUT2D eigenvalue weighted by molar-refractivity contribution is 7.80. The Morgan fingerprint density at radius 1 is 1.22 bits per heavy atom. The number of aromatic nitrogens is 1. The fourth-order valence-electron chi connectivity index (χ4n) is 6.23. The molecule has 6 heteroatoms. The van der Waals surface area contributed by atoms with Crippen molar-refractivity contribution < 1.29 is 4.79 Å². The smallest absolute Gasteiger partial charge is 0.226 e. The SMILES string of the molecule is Cc1ccc2nc(NC(=S)NC(=O)CC34CC5CC(CC(C5)C3)C4)sc2c1. The minimum atomic E-state index is 0.0615. The Morgan fingerprint density at radius 2 is 1.89 bits per heavy atom. The summed E-state index contributed by atoms with van der Waals surface area (Å²) in [5, 5.41) is 7.10. The highest BCUT2D eigenvalue weighted by atomic mass is 32.1. The Balaban J connectivity index is 1.21. The van der Waals surface area contributed by atoms with Gasteiger partial charge >= 0.3 is 0 Å². The maximum Gasteiger partial charge on any atom is 0.226 e. The molecule has 0 aliphatic heterocycles. The zero-order valence-electron chi connectivity index (χ0n) is 15.6. The molecular weight excluding hydrogens is 374 g/mol. The Hall–Kier alpha value is -1.53. The van der Waals surface area contributed by atoms with Crippen LogP contribution in [0.15, 0.2) is 18.2 Å². The van der Waals surface area contributed by atoms with Crippen LogP contribution in [0.25, 0.3) is 10.2 Å². The summed E-state index contributed by atoms with van der Waals surface area (Å²) in [6, 6.07) is 6.19. The number of thiocarbonyl (C=S) groups is 1. The number of hydrogen-bond acceptors (Lipinski definition) is 4. The van der Waals surface area contributed by atoms with E-state index in [9.17, 15) is 4.79 Å². The van der Waals surface area contributed by atoms with Crippen LogP contribution in [-0.2, 0) is 4.79 Å². The lowest BCUT2D eigenvalue weighted by atomic mass is 9.49. The van der Waals surface area contributed by atoms with Crippen LogP contribution in [0.1, 0.15) is 50.5 Å². The molecule has 142 valence electrons. The summed E-state index contributed by atoms with van der Waals surface area (Å²) < 4.78 is 1.13. The lowest BCUT2D eigenvalue weighted by molar-refractivity contribution is -0.127. The maximum atomic E-state index is 12.7. The quantitative estimate of drug-likeness (QED) is 0.711. The lowest BCUT2D eigenvalue weighted by Gasteiger charge is -2.56. The van der Waals surface area contributed by atoms with Crippen LogP contribution in [0.5, 0.6) is 0 Å². The molecule has 4 aliphatic rings. The average Bonchev–Trinajstić information content (AvgIpc) is 2.93. The number of nitrogens with zero attached hydrogens (tertiary/aromatic N) is 1. The zero-order valence-corrected chi connectivity index (χ0v) is 17.2. The van der Waals surface area contributed by atoms with E-state index in [0.717, 1.165) is 33.1 Å². The van der Waals surface area contributed by atoms with E-state index in [2.05, 4.69) is 34.7 Å². The van der Waals surface area contributed by atoms with Gasteiger partial charge in [-0.2, -0.15) is 0 Å². The number of fused-ring (bicyclic) bond motifs is 1. The molecule has 4 fully saturated rings. The second kappa shape index (κ2) is 6.52. The van der Waals surface area contributed by atoms with Crippen LogP contribution in [-0.4, -0.2) is 16.0 Å². The number of thiazole rings is 1. The van der Waals surface area contributed by atoms with Crippen molar-refractivity contribution >= 4 is 49.9 Å². The third kappa shape index (κ3) is 3.49. The molecule has 1 amide bonds. The van der Waals surface area contributed by atoms with Gasteiger partial charge in [0.1, 0.15) is 0 Å². The summed E-state index contributed by atoms with van der Waals surface area (Å²) in [7, 11) is 0. The molecule has 0 unspecified atom stereocenters. The van der Waals surface area contributed by atoms with Crippen LogP contribution in [0.2, 0.25) is 0 Å². The molecule has 0 saturated heterocycles. The van der Waals surface area contributed by atoms with Crippen LogP contribution in [0.4, 0.5) is 5.13 Å². The van der Waals surface area contributed by atoms with Gasteiger partial charge in [-0.05, 0) is 98.5 Å². The Bertz CT molecular complexity index is 884. The normalized spacial score (nSPS) is 31.2. The number of aryl methyl sites for hydroxylation is 1. The van der Waals surface area contributed by atoms with Crippen molar-refractivity contribution in [2.75, 3.05) is 5.32 Å². The minimum absolute atomic E-state index is 0.0615. The molecule has 27 heavy (non-hydrogen) atoms. The first-order chi connectivity index (χ1) is 13.0. The van der Waals surface area contributed by atoms with E-state index in [1.807, 2.05) is 6.07 Å². The molecule has 0 radical (unpaired) electrons. The molecule has 1 aromatic carbocycles. The Morgan fingerprint density at radius 3 is 2.56 bits per heavy atom. The van der Waals surface area contributed by atoms with Crippen molar-refractivity contribution in [1.29, 1.82) is 0 Å². The summed E-state index contributed by atoms with van der Waals surface area (Å²) in [5.74, 6) is 2.65. The lowest BCUT2D eigenvalue weighted by Crippen LogP contribution is -2.48. The van der Waals surface area contributed by atoms with Crippen LogP contribution in [0.3, 0.4) is 0 Å². The average molecular weight is 400 g/mol. The summed E-state index contributed by atoms with van der Waals surface area (Å²) in [5.41, 5.74) is 2.40. The predicted octanol–water partition coefficient (Wildman–Crippen LogP) is 5.02. The second-order valence-corrected chi connectivity index (χ2v) is 10.5. The monoisotopic (exact) mass is 399 g/mol. The summed E-state index contributed by atoms with van der Waals surface area (Å²) in [6.07, 6.45) is 8.54. The number of rotatable bonds is 3. The first-order valence-electron chi connectivity index (χ1n) is 9.94. The molecule has 1 aromatic heterocycles. The van der Waals surface area contributed by atoms with Gasteiger partial charge in [-0.1, -0.05) is 17.4 Å². The van der Waals surface area contributed by atoms with Gasteiger partial charge in [0.15, 0.2) is 10.2 Å². The number of carbonyl (C=O) groups excluding carboxylic acids is 1. The second-order valence-electron chi connectivity index (χ2n) is 9.09. The Labute approximate surface area is 169 Å². The molecule has 1 heterocycles. The number of amides is 1. The van der Waals surface area contributed by atoms with Gasteiger partial charge in [0.05, 0.1) is 10.2 Å². The molecule has 6 rings (SSSR count). The Kier molecular flexibility index (Phi) is 4.24. The van der Waals surface area contributed by atoms with E-state index in [0.29, 0.717) is 11.5 Å². The van der Waals surface area contributed by atoms with Gasteiger partial charge in [-0.3, -0.25) is 4.79 Å². The first kappa shape index (κ1) is 17.6. The third-order valence-corrected chi connectivity index (χ3v) is 7.86. The summed E-state index contributed by atoms with van der Waals surface area (Å²) >= 11 is 6.94. The van der Waals surface area contributed by atoms with Crippen LogP contribution in [0, 0.1) is 30.1 Å². The van der Waals surface area contributed by atoms with E-state index in [-0.39, 0.29) is 11.3 Å². The molecule has 4 bridgehead atoms. The molecule has 4 saturated carbocycles. The minimum Gasteiger partial charge on any atom is -0.308 e. The van der Waals surface area contributed by atoms with Gasteiger partial charge in [-0.15, -0.1) is 0 Å². The highest BCUT2D eigenvalue weighted by Crippen LogP contribution is 2.61. The van der Waals surface area contributed by atoms with Crippen molar-refractivity contribution in [3.63, 3.8) is 0 Å². The van der Waals surface area contributed by atoms with E-state index < -0.39 is 0 Å². The van der Waals surface area contributed by atoms with Crippen molar-refractivity contribution in [3.8, 4) is 0 Å². The molecule has 4 aliphatic carbocycles. The standard InChI is InChI=1S/C21H25N3OS2/c1-12-2-3-16-17(4-12)27-20(22-16)24-19(26)23-18(25)11-21-8-13-5-14(9-21)7-15(6-13)10-21/h2-4,13-15H,5-11H2,1H3,(H2,22,23,24,25,26). The van der Waals surface area contributed by atoms with Gasteiger partial charge in [-0.25, -0.2) is 4.98 Å². The molecule has 2 aromatic rings. The van der Waals surface area contributed by atoms with Crippen molar-refractivity contribution in [2.24, 2.45) is 23.2 Å². The number of hydrogen-bond donors (Lipinski definition) is 2.